The minimum absolute atomic E-state index is 0.257. The highest BCUT2D eigenvalue weighted by Gasteiger charge is 2.21. The van der Waals surface area contributed by atoms with E-state index in [9.17, 15) is 8.42 Å². The number of anilines is 1. The second-order valence-corrected chi connectivity index (χ2v) is 7.84. The van der Waals surface area contributed by atoms with Crippen molar-refractivity contribution >= 4 is 15.7 Å². The summed E-state index contributed by atoms with van der Waals surface area (Å²) in [4.78, 5) is 2.50. The Morgan fingerprint density at radius 1 is 1.38 bits per heavy atom. The zero-order valence-electron chi connectivity index (χ0n) is 13.0. The highest BCUT2D eigenvalue weighted by Crippen LogP contribution is 2.22. The van der Waals surface area contributed by atoms with Gasteiger partial charge in [-0.15, -0.1) is 0 Å². The number of sulfonamides is 1. The van der Waals surface area contributed by atoms with Crippen LogP contribution in [0.5, 0.6) is 0 Å². The van der Waals surface area contributed by atoms with Gasteiger partial charge >= 0.3 is 0 Å². The summed E-state index contributed by atoms with van der Waals surface area (Å²) in [6.07, 6.45) is 2.20. The van der Waals surface area contributed by atoms with Crippen LogP contribution in [0.25, 0.3) is 0 Å². The Hall–Kier alpha value is -1.11. The van der Waals surface area contributed by atoms with Crippen LogP contribution in [0.2, 0.25) is 0 Å². The largest absolute Gasteiger partial charge is 0.398 e. The molecule has 0 radical (unpaired) electrons. The lowest BCUT2D eigenvalue weighted by molar-refractivity contribution is 0.211. The second kappa shape index (κ2) is 6.34. The van der Waals surface area contributed by atoms with E-state index in [1.54, 1.807) is 6.07 Å². The van der Waals surface area contributed by atoms with E-state index in [0.717, 1.165) is 37.1 Å². The number of nitrogens with two attached hydrogens (primary N) is 1. The number of benzene rings is 1. The van der Waals surface area contributed by atoms with Gasteiger partial charge in [0.15, 0.2) is 0 Å². The molecule has 1 aromatic carbocycles. The molecular weight excluding hydrogens is 286 g/mol. The summed E-state index contributed by atoms with van der Waals surface area (Å²) in [6.45, 7) is 6.29. The molecule has 1 heterocycles. The lowest BCUT2D eigenvalue weighted by atomic mass is 9.99. The fraction of sp³-hybridized carbons (Fsp3) is 0.600. The van der Waals surface area contributed by atoms with Crippen LogP contribution < -0.4 is 10.5 Å². The van der Waals surface area contributed by atoms with E-state index in [4.69, 9.17) is 5.73 Å². The number of hydrogen-bond donors (Lipinski definition) is 2. The van der Waals surface area contributed by atoms with Crippen molar-refractivity contribution in [1.82, 2.24) is 9.62 Å². The van der Waals surface area contributed by atoms with Gasteiger partial charge in [-0.1, -0.05) is 0 Å². The summed E-state index contributed by atoms with van der Waals surface area (Å²) < 4.78 is 27.5. The number of aryl methyl sites for hydroxylation is 1. The summed E-state index contributed by atoms with van der Waals surface area (Å²) in [6, 6.07) is 3.22. The number of nitrogens with zero attached hydrogens (tertiary/aromatic N) is 1. The summed E-state index contributed by atoms with van der Waals surface area (Å²) in [7, 11) is -1.41. The second-order valence-electron chi connectivity index (χ2n) is 6.08. The number of piperidine rings is 1. The molecule has 1 aliphatic rings. The van der Waals surface area contributed by atoms with E-state index in [0.29, 0.717) is 18.2 Å². The summed E-state index contributed by atoms with van der Waals surface area (Å²) in [5.41, 5.74) is 8.23. The first-order chi connectivity index (χ1) is 9.79. The molecule has 6 heteroatoms. The van der Waals surface area contributed by atoms with Crippen LogP contribution in [0.15, 0.2) is 17.0 Å². The molecule has 1 aromatic rings. The SMILES string of the molecule is Cc1cc(S(=O)(=O)NCC2CCCN(C)C2)cc(N)c1C. The first-order valence-corrected chi connectivity index (χ1v) is 8.83. The summed E-state index contributed by atoms with van der Waals surface area (Å²) in [5.74, 6) is 0.377. The van der Waals surface area contributed by atoms with Gasteiger partial charge in [-0.3, -0.25) is 0 Å². The van der Waals surface area contributed by atoms with Crippen molar-refractivity contribution in [2.45, 2.75) is 31.6 Å². The molecule has 5 nitrogen and oxygen atoms in total. The highest BCUT2D eigenvalue weighted by molar-refractivity contribution is 7.89. The molecule has 0 amide bonds. The minimum atomic E-state index is -3.49. The summed E-state index contributed by atoms with van der Waals surface area (Å²) in [5, 5.41) is 0. The Bertz CT molecular complexity index is 590. The van der Waals surface area contributed by atoms with Crippen LogP contribution in [-0.2, 0) is 10.0 Å². The van der Waals surface area contributed by atoms with E-state index < -0.39 is 10.0 Å². The van der Waals surface area contributed by atoms with Gasteiger partial charge < -0.3 is 10.6 Å². The molecule has 21 heavy (non-hydrogen) atoms. The molecule has 1 fully saturated rings. The van der Waals surface area contributed by atoms with Gasteiger partial charge in [-0.25, -0.2) is 13.1 Å². The highest BCUT2D eigenvalue weighted by atomic mass is 32.2. The molecule has 0 spiro atoms. The summed E-state index contributed by atoms with van der Waals surface area (Å²) >= 11 is 0. The Kier molecular flexibility index (Phi) is 4.91. The first-order valence-electron chi connectivity index (χ1n) is 7.34. The normalized spacial score (nSPS) is 20.6. The molecular formula is C15H25N3O2S. The van der Waals surface area contributed by atoms with Gasteiger partial charge in [-0.05, 0) is 69.5 Å². The maximum Gasteiger partial charge on any atom is 0.240 e. The number of hydrogen-bond acceptors (Lipinski definition) is 4. The smallest absolute Gasteiger partial charge is 0.240 e. The molecule has 118 valence electrons. The molecule has 1 atom stereocenters. The molecule has 1 unspecified atom stereocenters. The number of nitrogens with one attached hydrogen (secondary N) is 1. The quantitative estimate of drug-likeness (QED) is 0.827. The average Bonchev–Trinajstić information content (AvgIpc) is 2.42. The third kappa shape index (κ3) is 3.96. The lowest BCUT2D eigenvalue weighted by Gasteiger charge is -2.29. The van der Waals surface area contributed by atoms with Crippen molar-refractivity contribution in [3.63, 3.8) is 0 Å². The molecule has 0 bridgehead atoms. The van der Waals surface area contributed by atoms with Crippen molar-refractivity contribution in [2.75, 3.05) is 32.4 Å². The molecule has 1 saturated heterocycles. The zero-order chi connectivity index (χ0) is 15.6. The van der Waals surface area contributed by atoms with Crippen LogP contribution >= 0.6 is 0 Å². The van der Waals surface area contributed by atoms with E-state index in [1.807, 2.05) is 13.8 Å². The van der Waals surface area contributed by atoms with Crippen LogP contribution in [-0.4, -0.2) is 40.0 Å². The topological polar surface area (TPSA) is 75.4 Å². The van der Waals surface area contributed by atoms with Crippen molar-refractivity contribution < 1.29 is 8.42 Å². The van der Waals surface area contributed by atoms with E-state index in [1.165, 1.54) is 6.07 Å². The molecule has 0 aromatic heterocycles. The van der Waals surface area contributed by atoms with Crippen LogP contribution in [0.4, 0.5) is 5.69 Å². The fourth-order valence-electron chi connectivity index (χ4n) is 2.76. The van der Waals surface area contributed by atoms with Gasteiger partial charge in [-0.2, -0.15) is 0 Å². The van der Waals surface area contributed by atoms with Gasteiger partial charge in [0.25, 0.3) is 0 Å². The van der Waals surface area contributed by atoms with Crippen LogP contribution in [0, 0.1) is 19.8 Å². The first kappa shape index (κ1) is 16.3. The van der Waals surface area contributed by atoms with Gasteiger partial charge in [0.05, 0.1) is 4.90 Å². The maximum atomic E-state index is 12.4. The minimum Gasteiger partial charge on any atom is -0.398 e. The fourth-order valence-corrected chi connectivity index (χ4v) is 3.99. The molecule has 1 aliphatic heterocycles. The van der Waals surface area contributed by atoms with Crippen LogP contribution in [0.1, 0.15) is 24.0 Å². The Balaban J connectivity index is 2.08. The molecule has 2 rings (SSSR count). The Morgan fingerprint density at radius 3 is 2.71 bits per heavy atom. The lowest BCUT2D eigenvalue weighted by Crippen LogP contribution is -2.39. The number of likely N-dealkylation sites (tertiary alicyclic amines) is 1. The zero-order valence-corrected chi connectivity index (χ0v) is 13.8. The maximum absolute atomic E-state index is 12.4. The standard InChI is InChI=1S/C15H25N3O2S/c1-11-7-14(8-15(16)12(11)2)21(19,20)17-9-13-5-4-6-18(3)10-13/h7-8,13,17H,4-6,9-10,16H2,1-3H3. The monoisotopic (exact) mass is 311 g/mol. The molecule has 0 saturated carbocycles. The predicted molar refractivity (Wildman–Crippen MR) is 85.7 cm³/mol. The predicted octanol–water partition coefficient (Wildman–Crippen LogP) is 1.51. The van der Waals surface area contributed by atoms with Crippen molar-refractivity contribution in [3.05, 3.63) is 23.3 Å². The Morgan fingerprint density at radius 2 is 2.10 bits per heavy atom. The van der Waals surface area contributed by atoms with E-state index >= 15 is 0 Å². The third-order valence-corrected chi connectivity index (χ3v) is 5.68. The van der Waals surface area contributed by atoms with E-state index in [2.05, 4.69) is 16.7 Å². The molecule has 0 aliphatic carbocycles. The number of nitrogen functional groups attached to an aromatic ring is 1. The average molecular weight is 311 g/mol. The van der Waals surface area contributed by atoms with Crippen LogP contribution in [0.3, 0.4) is 0 Å². The molecule has 3 N–H and O–H groups in total. The Labute approximate surface area is 127 Å². The number of rotatable bonds is 4. The van der Waals surface area contributed by atoms with Crippen molar-refractivity contribution in [1.29, 1.82) is 0 Å². The van der Waals surface area contributed by atoms with Crippen molar-refractivity contribution in [3.8, 4) is 0 Å². The van der Waals surface area contributed by atoms with Gasteiger partial charge in [0, 0.05) is 18.8 Å². The van der Waals surface area contributed by atoms with Gasteiger partial charge in [0.1, 0.15) is 0 Å². The third-order valence-electron chi connectivity index (χ3n) is 4.28. The van der Waals surface area contributed by atoms with E-state index in [-0.39, 0.29) is 4.90 Å². The van der Waals surface area contributed by atoms with Crippen molar-refractivity contribution in [2.24, 2.45) is 5.92 Å². The van der Waals surface area contributed by atoms with Gasteiger partial charge in [0.2, 0.25) is 10.0 Å².